The molecule has 1 spiro atoms. The summed E-state index contributed by atoms with van der Waals surface area (Å²) in [6, 6.07) is 3.17. The van der Waals surface area contributed by atoms with Crippen LogP contribution in [0.25, 0.3) is 0 Å². The van der Waals surface area contributed by atoms with Crippen LogP contribution in [0.15, 0.2) is 23.3 Å². The first-order valence-electron chi connectivity index (χ1n) is 12.3. The van der Waals surface area contributed by atoms with Crippen molar-refractivity contribution < 1.29 is 24.5 Å². The van der Waals surface area contributed by atoms with Crippen molar-refractivity contribution in [1.29, 1.82) is 0 Å². The van der Waals surface area contributed by atoms with Crippen molar-refractivity contribution in [2.24, 2.45) is 5.92 Å². The van der Waals surface area contributed by atoms with E-state index in [9.17, 15) is 19.8 Å². The largest absolute Gasteiger partial charge is 0.504 e. The zero-order valence-electron chi connectivity index (χ0n) is 19.1. The van der Waals surface area contributed by atoms with Crippen molar-refractivity contribution >= 4 is 11.8 Å². The fourth-order valence-corrected chi connectivity index (χ4v) is 7.80. The Labute approximate surface area is 193 Å². The second-order valence-electron chi connectivity index (χ2n) is 11.1. The second kappa shape index (κ2) is 6.19. The first-order valence-corrected chi connectivity index (χ1v) is 12.3. The Morgan fingerprint density at radius 1 is 1.09 bits per heavy atom. The topological polar surface area (TPSA) is 90.3 Å². The van der Waals surface area contributed by atoms with Crippen LogP contribution < -0.4 is 4.74 Å². The molecule has 2 bridgehead atoms. The number of amides is 2. The highest BCUT2D eigenvalue weighted by Crippen LogP contribution is 2.66. The van der Waals surface area contributed by atoms with Crippen LogP contribution >= 0.6 is 0 Å². The van der Waals surface area contributed by atoms with Gasteiger partial charge in [-0.05, 0) is 76.5 Å². The Morgan fingerprint density at radius 2 is 1.82 bits per heavy atom. The van der Waals surface area contributed by atoms with E-state index < -0.39 is 23.2 Å². The molecule has 1 aromatic carbocycles. The van der Waals surface area contributed by atoms with E-state index in [1.54, 1.807) is 19.9 Å². The molecule has 2 amide bonds. The Bertz CT molecular complexity index is 1130. The van der Waals surface area contributed by atoms with Crippen molar-refractivity contribution in [1.82, 2.24) is 9.80 Å². The number of aromatic hydroxyl groups is 1. The van der Waals surface area contributed by atoms with Gasteiger partial charge in [-0.15, -0.1) is 0 Å². The van der Waals surface area contributed by atoms with Crippen molar-refractivity contribution in [3.8, 4) is 11.5 Å². The molecule has 3 heterocycles. The summed E-state index contributed by atoms with van der Waals surface area (Å²) in [6.07, 6.45) is 4.40. The Hall–Kier alpha value is -2.38. The zero-order valence-corrected chi connectivity index (χ0v) is 19.1. The summed E-state index contributed by atoms with van der Waals surface area (Å²) in [5.41, 5.74) is 1.26. The molecular weight excluding hydrogens is 420 g/mol. The van der Waals surface area contributed by atoms with Gasteiger partial charge in [0.1, 0.15) is 6.10 Å². The molecule has 174 valence electrons. The third kappa shape index (κ3) is 2.23. The molecule has 2 unspecified atom stereocenters. The number of piperidine rings is 1. The number of phenolic OH excluding ortho intramolecular Hbond substituents is 1. The lowest BCUT2D eigenvalue weighted by Crippen LogP contribution is -2.78. The third-order valence-corrected chi connectivity index (χ3v) is 9.70. The molecule has 0 radical (unpaired) electrons. The van der Waals surface area contributed by atoms with Gasteiger partial charge in [-0.25, -0.2) is 0 Å². The average molecular weight is 451 g/mol. The van der Waals surface area contributed by atoms with E-state index in [0.717, 1.165) is 36.6 Å². The quantitative estimate of drug-likeness (QED) is 0.685. The van der Waals surface area contributed by atoms with Gasteiger partial charge >= 0.3 is 0 Å². The van der Waals surface area contributed by atoms with Gasteiger partial charge in [0, 0.05) is 29.3 Å². The van der Waals surface area contributed by atoms with Crippen molar-refractivity contribution in [3.63, 3.8) is 0 Å². The van der Waals surface area contributed by atoms with Gasteiger partial charge < -0.3 is 14.9 Å². The molecule has 7 heteroatoms. The van der Waals surface area contributed by atoms with Gasteiger partial charge in [-0.1, -0.05) is 6.07 Å². The normalized spacial score (nSPS) is 39.2. The van der Waals surface area contributed by atoms with Gasteiger partial charge in [0.2, 0.25) is 0 Å². The van der Waals surface area contributed by atoms with Gasteiger partial charge in [0.05, 0.1) is 17.1 Å². The monoisotopic (exact) mass is 450 g/mol. The van der Waals surface area contributed by atoms with E-state index in [1.807, 2.05) is 6.07 Å². The van der Waals surface area contributed by atoms with Gasteiger partial charge in [-0.2, -0.15) is 0 Å². The van der Waals surface area contributed by atoms with Gasteiger partial charge in [0.25, 0.3) is 11.8 Å². The van der Waals surface area contributed by atoms with Crippen LogP contribution in [0.4, 0.5) is 0 Å². The summed E-state index contributed by atoms with van der Waals surface area (Å²) in [7, 11) is 0. The fourth-order valence-electron chi connectivity index (χ4n) is 7.80. The Morgan fingerprint density at radius 3 is 2.52 bits per heavy atom. The van der Waals surface area contributed by atoms with Crippen LogP contribution in [0.3, 0.4) is 0 Å². The molecule has 6 aliphatic rings. The number of ether oxygens (including phenoxy) is 1. The third-order valence-electron chi connectivity index (χ3n) is 9.70. The molecule has 1 saturated heterocycles. The molecule has 0 aromatic heterocycles. The minimum absolute atomic E-state index is 0.0199. The predicted octanol–water partition coefficient (Wildman–Crippen LogP) is 2.03. The number of aliphatic hydroxyl groups is 1. The molecule has 5 atom stereocenters. The van der Waals surface area contributed by atoms with Crippen LogP contribution in [-0.4, -0.2) is 68.7 Å². The number of hydrogen-bond donors (Lipinski definition) is 2. The maximum absolute atomic E-state index is 13.1. The molecule has 7 nitrogen and oxygen atoms in total. The van der Waals surface area contributed by atoms with E-state index in [2.05, 4.69) is 4.90 Å². The molecule has 1 aromatic rings. The summed E-state index contributed by atoms with van der Waals surface area (Å²) in [5, 5.41) is 23.2. The number of rotatable bonds is 3. The summed E-state index contributed by atoms with van der Waals surface area (Å²) in [5.74, 6) is 0.724. The predicted molar refractivity (Wildman–Crippen MR) is 119 cm³/mol. The smallest absolute Gasteiger partial charge is 0.257 e. The van der Waals surface area contributed by atoms with E-state index >= 15 is 0 Å². The van der Waals surface area contributed by atoms with Gasteiger partial charge in [0.15, 0.2) is 11.5 Å². The van der Waals surface area contributed by atoms with Crippen molar-refractivity contribution in [2.75, 3.05) is 13.1 Å². The summed E-state index contributed by atoms with van der Waals surface area (Å²) in [6.45, 7) is 5.27. The molecule has 3 fully saturated rings. The molecule has 7 rings (SSSR count). The SMILES string of the molecule is CC1=C(C)C(=O)N(C2CC[C@@]3(O)[C@H]4Cc5ccc(O)c6c5[C@@]3(CCN4CC3CC3)C2O6)C1=O. The van der Waals surface area contributed by atoms with Crippen LogP contribution in [0.2, 0.25) is 0 Å². The van der Waals surface area contributed by atoms with Crippen LogP contribution in [0.5, 0.6) is 11.5 Å². The molecule has 2 saturated carbocycles. The highest BCUT2D eigenvalue weighted by molar-refractivity contribution is 6.19. The zero-order chi connectivity index (χ0) is 22.9. The lowest BCUT2D eigenvalue weighted by Gasteiger charge is -2.64. The number of imide groups is 1. The number of nitrogens with zero attached hydrogens (tertiary/aromatic N) is 2. The number of carbonyl (C=O) groups excluding carboxylic acids is 2. The van der Waals surface area contributed by atoms with E-state index in [4.69, 9.17) is 4.74 Å². The Kier molecular flexibility index (Phi) is 3.76. The van der Waals surface area contributed by atoms with Gasteiger partial charge in [-0.3, -0.25) is 19.4 Å². The summed E-state index contributed by atoms with van der Waals surface area (Å²) in [4.78, 5) is 30.1. The lowest BCUT2D eigenvalue weighted by molar-refractivity contribution is -0.201. The van der Waals surface area contributed by atoms with E-state index in [0.29, 0.717) is 36.2 Å². The van der Waals surface area contributed by atoms with Crippen LogP contribution in [-0.2, 0) is 21.4 Å². The van der Waals surface area contributed by atoms with Crippen molar-refractivity contribution in [2.45, 2.75) is 81.6 Å². The summed E-state index contributed by atoms with van der Waals surface area (Å²) >= 11 is 0. The highest BCUT2D eigenvalue weighted by atomic mass is 16.5. The maximum Gasteiger partial charge on any atom is 0.257 e. The highest BCUT2D eigenvalue weighted by Gasteiger charge is 2.74. The molecule has 3 aliphatic carbocycles. The number of benzene rings is 1. The lowest BCUT2D eigenvalue weighted by atomic mass is 9.48. The first-order chi connectivity index (χ1) is 15.8. The van der Waals surface area contributed by atoms with Crippen LogP contribution in [0.1, 0.15) is 57.1 Å². The van der Waals surface area contributed by atoms with Crippen LogP contribution in [0, 0.1) is 5.92 Å². The summed E-state index contributed by atoms with van der Waals surface area (Å²) < 4.78 is 6.50. The van der Waals surface area contributed by atoms with E-state index in [-0.39, 0.29) is 23.6 Å². The molecular formula is C26H30N2O5. The number of carbonyl (C=O) groups is 2. The number of likely N-dealkylation sites (tertiary alicyclic amines) is 1. The molecule has 33 heavy (non-hydrogen) atoms. The number of phenols is 1. The standard InChI is InChI=1S/C26H30N2O5/c1-13-14(2)24(31)28(23(13)30)17-7-8-26(32)19-11-16-5-6-18(29)21-20(16)25(26,22(17)33-21)9-10-27(19)12-15-3-4-15/h5-6,15,17,19,22,29,32H,3-4,7-12H2,1-2H3/t17?,19-,22?,25+,26-/m1/s1. The first kappa shape index (κ1) is 20.0. The average Bonchev–Trinajstić information content (AvgIpc) is 3.50. The minimum Gasteiger partial charge on any atom is -0.504 e. The Balaban J connectivity index is 1.38. The second-order valence-corrected chi connectivity index (χ2v) is 11.1. The maximum atomic E-state index is 13.1. The number of hydrogen-bond acceptors (Lipinski definition) is 6. The fraction of sp³-hybridized carbons (Fsp3) is 0.615. The minimum atomic E-state index is -1.02. The van der Waals surface area contributed by atoms with E-state index in [1.165, 1.54) is 17.7 Å². The van der Waals surface area contributed by atoms with Crippen molar-refractivity contribution in [3.05, 3.63) is 34.4 Å². The molecule has 2 N–H and O–H groups in total. The molecule has 3 aliphatic heterocycles.